The van der Waals surface area contributed by atoms with Crippen molar-refractivity contribution in [3.63, 3.8) is 0 Å². The zero-order valence-electron chi connectivity index (χ0n) is 17.6. The number of rotatable bonds is 6. The molecule has 30 heavy (non-hydrogen) atoms. The predicted molar refractivity (Wildman–Crippen MR) is 112 cm³/mol. The normalized spacial score (nSPS) is 12.3. The Morgan fingerprint density at radius 3 is 2.73 bits per heavy atom. The van der Waals surface area contributed by atoms with Crippen LogP contribution < -0.4 is 9.47 Å². The third kappa shape index (κ3) is 3.51. The van der Waals surface area contributed by atoms with Crippen LogP contribution in [0.2, 0.25) is 0 Å². The summed E-state index contributed by atoms with van der Waals surface area (Å²) >= 11 is 0. The minimum absolute atomic E-state index is 0.00154. The molecule has 0 atom stereocenters. The van der Waals surface area contributed by atoms with Crippen molar-refractivity contribution >= 4 is 5.97 Å². The molecule has 0 spiro atoms. The number of nitrogens with zero attached hydrogens (tertiary/aromatic N) is 3. The smallest absolute Gasteiger partial charge is 0.359 e. The van der Waals surface area contributed by atoms with Gasteiger partial charge in [-0.05, 0) is 63.4 Å². The molecule has 0 radical (unpaired) electrons. The second-order valence-corrected chi connectivity index (χ2v) is 7.35. The molecule has 1 aliphatic carbocycles. The first kappa shape index (κ1) is 19.9. The van der Waals surface area contributed by atoms with Crippen LogP contribution >= 0.6 is 0 Å². The lowest BCUT2D eigenvalue weighted by Crippen LogP contribution is -2.12. The van der Waals surface area contributed by atoms with E-state index in [4.69, 9.17) is 14.2 Å². The fourth-order valence-electron chi connectivity index (χ4n) is 3.79. The Labute approximate surface area is 175 Å². The van der Waals surface area contributed by atoms with Gasteiger partial charge in [0.15, 0.2) is 17.2 Å². The molecule has 0 saturated carbocycles. The lowest BCUT2D eigenvalue weighted by molar-refractivity contribution is 0.0517. The van der Waals surface area contributed by atoms with E-state index in [1.54, 1.807) is 31.1 Å². The van der Waals surface area contributed by atoms with Gasteiger partial charge in [-0.1, -0.05) is 0 Å². The number of carbonyl (C=O) groups is 1. The van der Waals surface area contributed by atoms with Gasteiger partial charge in [-0.25, -0.2) is 9.48 Å². The van der Waals surface area contributed by atoms with Gasteiger partial charge in [0.05, 0.1) is 37.4 Å². The standard InChI is InChI=1S/C23H25N3O4/c1-5-29-23(27)21-17-9-8-15-11-19(28-4)20(30-14(2)3)12-18(15)22(17)26(25-21)16-7-6-10-24-13-16/h6-7,10-14H,5,8-9H2,1-4H3. The topological polar surface area (TPSA) is 75.5 Å². The first-order chi connectivity index (χ1) is 14.5. The number of esters is 1. The first-order valence-corrected chi connectivity index (χ1v) is 10.1. The van der Waals surface area contributed by atoms with Crippen LogP contribution in [0.4, 0.5) is 0 Å². The highest BCUT2D eigenvalue weighted by Crippen LogP contribution is 2.42. The van der Waals surface area contributed by atoms with Crippen LogP contribution in [0.1, 0.15) is 42.4 Å². The average Bonchev–Trinajstić information content (AvgIpc) is 3.14. The maximum Gasteiger partial charge on any atom is 0.359 e. The van der Waals surface area contributed by atoms with Crippen LogP contribution in [0.3, 0.4) is 0 Å². The summed E-state index contributed by atoms with van der Waals surface area (Å²) in [7, 11) is 1.64. The Morgan fingerprint density at radius 1 is 1.23 bits per heavy atom. The summed E-state index contributed by atoms with van der Waals surface area (Å²) in [4.78, 5) is 16.8. The Morgan fingerprint density at radius 2 is 2.07 bits per heavy atom. The van der Waals surface area contributed by atoms with Gasteiger partial charge in [-0.2, -0.15) is 5.10 Å². The van der Waals surface area contributed by atoms with E-state index in [-0.39, 0.29) is 6.10 Å². The van der Waals surface area contributed by atoms with Crippen molar-refractivity contribution in [3.05, 3.63) is 53.5 Å². The predicted octanol–water partition coefficient (Wildman–Crippen LogP) is 4.01. The van der Waals surface area contributed by atoms with Gasteiger partial charge in [-0.15, -0.1) is 0 Å². The number of carbonyl (C=O) groups excluding carboxylic acids is 1. The summed E-state index contributed by atoms with van der Waals surface area (Å²) in [6, 6.07) is 7.76. The maximum atomic E-state index is 12.6. The highest BCUT2D eigenvalue weighted by atomic mass is 16.5. The lowest BCUT2D eigenvalue weighted by atomic mass is 9.88. The third-order valence-corrected chi connectivity index (χ3v) is 4.99. The number of aryl methyl sites for hydroxylation is 1. The molecule has 0 N–H and O–H groups in total. The van der Waals surface area contributed by atoms with Crippen molar-refractivity contribution in [1.82, 2.24) is 14.8 Å². The van der Waals surface area contributed by atoms with Crippen molar-refractivity contribution in [2.45, 2.75) is 39.7 Å². The molecule has 0 fully saturated rings. The highest BCUT2D eigenvalue weighted by molar-refractivity contribution is 5.92. The van der Waals surface area contributed by atoms with Gasteiger partial charge in [0.1, 0.15) is 0 Å². The fourth-order valence-corrected chi connectivity index (χ4v) is 3.79. The molecule has 1 aliphatic rings. The van der Waals surface area contributed by atoms with Gasteiger partial charge in [0.25, 0.3) is 0 Å². The number of fused-ring (bicyclic) bond motifs is 3. The van der Waals surface area contributed by atoms with E-state index in [2.05, 4.69) is 10.1 Å². The minimum Gasteiger partial charge on any atom is -0.493 e. The third-order valence-electron chi connectivity index (χ3n) is 4.99. The number of benzene rings is 1. The van der Waals surface area contributed by atoms with Crippen LogP contribution in [0.15, 0.2) is 36.7 Å². The van der Waals surface area contributed by atoms with Crippen molar-refractivity contribution in [3.8, 4) is 28.4 Å². The molecule has 7 nitrogen and oxygen atoms in total. The molecule has 0 saturated heterocycles. The summed E-state index contributed by atoms with van der Waals surface area (Å²) in [5.74, 6) is 0.951. The van der Waals surface area contributed by atoms with Gasteiger partial charge >= 0.3 is 5.97 Å². The summed E-state index contributed by atoms with van der Waals surface area (Å²) in [5.41, 5.74) is 4.97. The largest absolute Gasteiger partial charge is 0.493 e. The van der Waals surface area contributed by atoms with E-state index in [1.165, 1.54) is 0 Å². The molecule has 2 aromatic heterocycles. The van der Waals surface area contributed by atoms with Gasteiger partial charge in [-0.3, -0.25) is 4.98 Å². The zero-order chi connectivity index (χ0) is 21.3. The van der Waals surface area contributed by atoms with Gasteiger partial charge in [0.2, 0.25) is 0 Å². The molecular weight excluding hydrogens is 382 g/mol. The molecule has 0 unspecified atom stereocenters. The molecule has 1 aromatic carbocycles. The molecule has 0 aliphatic heterocycles. The molecule has 2 heterocycles. The Hall–Kier alpha value is -3.35. The number of hydrogen-bond acceptors (Lipinski definition) is 6. The number of ether oxygens (including phenoxy) is 3. The van der Waals surface area contributed by atoms with Crippen LogP contribution in [0, 0.1) is 0 Å². The second kappa shape index (κ2) is 8.18. The van der Waals surface area contributed by atoms with Crippen molar-refractivity contribution < 1.29 is 19.0 Å². The van der Waals surface area contributed by atoms with Crippen molar-refractivity contribution in [2.24, 2.45) is 0 Å². The molecule has 156 valence electrons. The molecule has 4 rings (SSSR count). The minimum atomic E-state index is -0.410. The van der Waals surface area contributed by atoms with Crippen LogP contribution in [-0.4, -0.2) is 40.6 Å². The van der Waals surface area contributed by atoms with Gasteiger partial charge < -0.3 is 14.2 Å². The number of pyridine rings is 1. The van der Waals surface area contributed by atoms with E-state index in [1.807, 2.05) is 38.1 Å². The molecule has 0 amide bonds. The lowest BCUT2D eigenvalue weighted by Gasteiger charge is -2.22. The van der Waals surface area contributed by atoms with E-state index in [0.717, 1.165) is 34.5 Å². The molecule has 0 bridgehead atoms. The average molecular weight is 407 g/mol. The monoisotopic (exact) mass is 407 g/mol. The van der Waals surface area contributed by atoms with Gasteiger partial charge in [0, 0.05) is 17.3 Å². The zero-order valence-corrected chi connectivity index (χ0v) is 17.6. The van der Waals surface area contributed by atoms with Crippen LogP contribution in [0.5, 0.6) is 11.5 Å². The maximum absolute atomic E-state index is 12.6. The SMILES string of the molecule is CCOC(=O)c1nn(-c2cccnc2)c2c1CCc1cc(OC)c(OC(C)C)cc1-2. The summed E-state index contributed by atoms with van der Waals surface area (Å²) in [5, 5.41) is 4.64. The van der Waals surface area contributed by atoms with E-state index < -0.39 is 5.97 Å². The van der Waals surface area contributed by atoms with Crippen molar-refractivity contribution in [1.29, 1.82) is 0 Å². The Kier molecular flexibility index (Phi) is 5.44. The van der Waals surface area contributed by atoms with Crippen molar-refractivity contribution in [2.75, 3.05) is 13.7 Å². The van der Waals surface area contributed by atoms with E-state index in [9.17, 15) is 4.79 Å². The van der Waals surface area contributed by atoms with E-state index in [0.29, 0.717) is 30.2 Å². The first-order valence-electron chi connectivity index (χ1n) is 10.1. The summed E-state index contributed by atoms with van der Waals surface area (Å²) in [6.45, 7) is 6.04. The molecular formula is C23H25N3O4. The van der Waals surface area contributed by atoms with Crippen LogP contribution in [0.25, 0.3) is 16.9 Å². The summed E-state index contributed by atoms with van der Waals surface area (Å²) < 4.78 is 18.6. The van der Waals surface area contributed by atoms with Crippen LogP contribution in [-0.2, 0) is 17.6 Å². The fraction of sp³-hybridized carbons (Fsp3) is 0.348. The number of aromatic nitrogens is 3. The molecule has 3 aromatic rings. The van der Waals surface area contributed by atoms with E-state index >= 15 is 0 Å². The second-order valence-electron chi connectivity index (χ2n) is 7.35. The molecule has 7 heteroatoms. The summed E-state index contributed by atoms with van der Waals surface area (Å²) in [6.07, 6.45) is 4.89. The number of methoxy groups -OCH3 is 1. The quantitative estimate of drug-likeness (QED) is 0.575. The Balaban J connectivity index is 1.95. The Bertz CT molecular complexity index is 1070. The number of hydrogen-bond donors (Lipinski definition) is 0. The highest BCUT2D eigenvalue weighted by Gasteiger charge is 2.31.